The fourth-order valence-electron chi connectivity index (χ4n) is 0.250. The summed E-state index contributed by atoms with van der Waals surface area (Å²) >= 11 is 2.83. The first-order valence-electron chi connectivity index (χ1n) is 2.23. The second-order valence-corrected chi connectivity index (χ2v) is 1.10. The van der Waals surface area contributed by atoms with E-state index in [-0.39, 0.29) is 0 Å². The number of hydrogen-bond donors (Lipinski definition) is 1. The van der Waals surface area contributed by atoms with Gasteiger partial charge in [0, 0.05) is 0 Å². The third-order valence-electron chi connectivity index (χ3n) is 0.500. The Morgan fingerprint density at radius 3 is 2.00 bits per heavy atom. The van der Waals surface area contributed by atoms with Crippen LogP contribution in [0, 0.1) is 0 Å². The first kappa shape index (κ1) is 10.1. The average molecular weight is 121 g/mol. The van der Waals surface area contributed by atoms with Gasteiger partial charge in [-0.25, -0.2) is 0 Å². The minimum Gasteiger partial charge on any atom is -0.320 e. The van der Waals surface area contributed by atoms with E-state index < -0.39 is 0 Å². The van der Waals surface area contributed by atoms with Crippen LogP contribution in [0.2, 0.25) is 0 Å². The third kappa shape index (κ3) is 24.2. The monoisotopic (exact) mass is 121 g/mol. The molecule has 7 heavy (non-hydrogen) atoms. The molecule has 0 bridgehead atoms. The topological polar surface area (TPSA) is 29.1 Å². The lowest BCUT2D eigenvalue weighted by molar-refractivity contribution is 0.702. The Morgan fingerprint density at radius 2 is 2.00 bits per heavy atom. The van der Waals surface area contributed by atoms with Crippen molar-refractivity contribution in [1.29, 1.82) is 0 Å². The van der Waals surface area contributed by atoms with Crippen LogP contribution in [0.1, 0.15) is 13.3 Å². The predicted molar refractivity (Wildman–Crippen MR) is 32.4 cm³/mol. The molecule has 3 heteroatoms. The molecular formula is C4H11NOS. The number of rotatable bonds is 2. The van der Waals surface area contributed by atoms with E-state index in [0.717, 1.165) is 6.54 Å². The van der Waals surface area contributed by atoms with Crippen molar-refractivity contribution in [3.05, 3.63) is 0 Å². The van der Waals surface area contributed by atoms with Gasteiger partial charge in [-0.15, -0.1) is 0 Å². The summed E-state index contributed by atoms with van der Waals surface area (Å²) in [5.74, 6) is 0. The minimum absolute atomic E-state index is 1.14. The highest BCUT2D eigenvalue weighted by Crippen LogP contribution is 1.62. The highest BCUT2D eigenvalue weighted by atomic mass is 32.1. The van der Waals surface area contributed by atoms with Crippen LogP contribution in [0.4, 0.5) is 0 Å². The molecule has 0 aliphatic heterocycles. The van der Waals surface area contributed by atoms with Crippen LogP contribution in [0.3, 0.4) is 0 Å². The SMILES string of the molecule is CCCNC.O=S. The largest absolute Gasteiger partial charge is 0.320 e. The molecule has 0 aromatic heterocycles. The van der Waals surface area contributed by atoms with Crippen molar-refractivity contribution in [3.63, 3.8) is 0 Å². The van der Waals surface area contributed by atoms with Crippen LogP contribution < -0.4 is 5.32 Å². The summed E-state index contributed by atoms with van der Waals surface area (Å²) in [6.45, 7) is 3.29. The van der Waals surface area contributed by atoms with E-state index in [1.54, 1.807) is 0 Å². The summed E-state index contributed by atoms with van der Waals surface area (Å²) < 4.78 is 7.83. The van der Waals surface area contributed by atoms with Gasteiger partial charge in [0.1, 0.15) is 0 Å². The lowest BCUT2D eigenvalue weighted by atomic mass is 10.5. The molecule has 0 amide bonds. The Labute approximate surface area is 49.8 Å². The van der Waals surface area contributed by atoms with Gasteiger partial charge in [-0.05, 0) is 20.0 Å². The third-order valence-corrected chi connectivity index (χ3v) is 0.500. The lowest BCUT2D eigenvalue weighted by Gasteiger charge is -1.84. The van der Waals surface area contributed by atoms with Gasteiger partial charge < -0.3 is 5.32 Å². The van der Waals surface area contributed by atoms with E-state index in [4.69, 9.17) is 4.21 Å². The van der Waals surface area contributed by atoms with E-state index >= 15 is 0 Å². The molecule has 0 aliphatic carbocycles. The molecule has 0 spiro atoms. The van der Waals surface area contributed by atoms with Crippen molar-refractivity contribution in [3.8, 4) is 0 Å². The van der Waals surface area contributed by atoms with Crippen molar-refractivity contribution >= 4 is 12.5 Å². The van der Waals surface area contributed by atoms with Crippen molar-refractivity contribution in [2.45, 2.75) is 13.3 Å². The molecule has 1 N–H and O–H groups in total. The molecule has 0 heterocycles. The van der Waals surface area contributed by atoms with E-state index in [1.165, 1.54) is 6.42 Å². The Bertz CT molecular complexity index is 25.7. The van der Waals surface area contributed by atoms with E-state index in [1.807, 2.05) is 7.05 Å². The van der Waals surface area contributed by atoms with Crippen LogP contribution in [0.5, 0.6) is 0 Å². The molecule has 0 saturated heterocycles. The van der Waals surface area contributed by atoms with Crippen molar-refractivity contribution in [2.75, 3.05) is 13.6 Å². The van der Waals surface area contributed by atoms with Gasteiger partial charge in [0.2, 0.25) is 0 Å². The average Bonchev–Trinajstić information content (AvgIpc) is 1.75. The maximum absolute atomic E-state index is 7.83. The molecule has 0 aromatic carbocycles. The van der Waals surface area contributed by atoms with Gasteiger partial charge in [-0.1, -0.05) is 6.92 Å². The quantitative estimate of drug-likeness (QED) is 0.569. The fourth-order valence-corrected chi connectivity index (χ4v) is 0.250. The van der Waals surface area contributed by atoms with Gasteiger partial charge in [0.05, 0.1) is 0 Å². The van der Waals surface area contributed by atoms with Crippen LogP contribution >= 0.6 is 0 Å². The molecule has 2 nitrogen and oxygen atoms in total. The molecule has 0 unspecified atom stereocenters. The summed E-state index contributed by atoms with van der Waals surface area (Å²) in [6.07, 6.45) is 1.23. The van der Waals surface area contributed by atoms with Crippen LogP contribution in [0.25, 0.3) is 0 Å². The standard InChI is InChI=1S/C4H11N.OS/c1-3-4-5-2;1-2/h5H,3-4H2,1-2H3;. The second-order valence-electron chi connectivity index (χ2n) is 1.10. The molecule has 0 fully saturated rings. The predicted octanol–water partition coefficient (Wildman–Crippen LogP) is 0.279. The zero-order chi connectivity index (χ0) is 6.12. The Morgan fingerprint density at radius 1 is 1.57 bits per heavy atom. The molecule has 44 valence electrons. The maximum atomic E-state index is 7.83. The van der Waals surface area contributed by atoms with Gasteiger partial charge in [-0.2, -0.15) is 4.21 Å². The van der Waals surface area contributed by atoms with Crippen molar-refractivity contribution in [2.24, 2.45) is 0 Å². The minimum atomic E-state index is 1.14. The first-order chi connectivity index (χ1) is 3.41. The number of hydrogen-bond acceptors (Lipinski definition) is 3. The summed E-state index contributed by atoms with van der Waals surface area (Å²) in [5, 5.41) is 3.02. The van der Waals surface area contributed by atoms with Gasteiger partial charge in [-0.3, -0.25) is 0 Å². The molecule has 0 aromatic rings. The molecule has 0 atom stereocenters. The molecule has 0 aliphatic rings. The zero-order valence-electron chi connectivity index (χ0n) is 4.73. The zero-order valence-corrected chi connectivity index (χ0v) is 5.55. The van der Waals surface area contributed by atoms with Crippen LogP contribution in [-0.4, -0.2) is 17.8 Å². The smallest absolute Gasteiger partial charge is 0.197 e. The fraction of sp³-hybridized carbons (Fsp3) is 1.00. The van der Waals surface area contributed by atoms with Crippen LogP contribution in [0.15, 0.2) is 0 Å². The summed E-state index contributed by atoms with van der Waals surface area (Å²) in [6, 6.07) is 0. The normalized spacial score (nSPS) is 6.57. The maximum Gasteiger partial charge on any atom is 0.197 e. The van der Waals surface area contributed by atoms with Gasteiger partial charge in [0.25, 0.3) is 0 Å². The Kier molecular flexibility index (Phi) is 24.0. The van der Waals surface area contributed by atoms with Crippen molar-refractivity contribution in [1.82, 2.24) is 5.32 Å². The Balaban J connectivity index is 0. The lowest BCUT2D eigenvalue weighted by Crippen LogP contribution is -2.04. The molecule has 0 saturated carbocycles. The molecule has 0 rings (SSSR count). The highest BCUT2D eigenvalue weighted by molar-refractivity contribution is 7.44. The van der Waals surface area contributed by atoms with Gasteiger partial charge >= 0.3 is 0 Å². The van der Waals surface area contributed by atoms with E-state index in [2.05, 4.69) is 24.8 Å². The summed E-state index contributed by atoms with van der Waals surface area (Å²) in [4.78, 5) is 0. The highest BCUT2D eigenvalue weighted by Gasteiger charge is 1.64. The van der Waals surface area contributed by atoms with Crippen LogP contribution in [-0.2, 0) is 12.5 Å². The number of nitrogens with one attached hydrogen (secondary N) is 1. The van der Waals surface area contributed by atoms with Crippen molar-refractivity contribution < 1.29 is 4.21 Å². The first-order valence-corrected chi connectivity index (χ1v) is 2.56. The van der Waals surface area contributed by atoms with E-state index in [9.17, 15) is 0 Å². The van der Waals surface area contributed by atoms with Gasteiger partial charge in [0.15, 0.2) is 12.5 Å². The Hall–Kier alpha value is -0.0200. The second kappa shape index (κ2) is 16.7. The molecule has 0 radical (unpaired) electrons. The summed E-state index contributed by atoms with van der Waals surface area (Å²) in [5.41, 5.74) is 0. The molecular weight excluding hydrogens is 110 g/mol. The summed E-state index contributed by atoms with van der Waals surface area (Å²) in [7, 11) is 1.96. The van der Waals surface area contributed by atoms with E-state index in [0.29, 0.717) is 0 Å².